The Balaban J connectivity index is 1.85. The normalized spacial score (nSPS) is 15.6. The molecule has 0 amide bonds. The van der Waals surface area contributed by atoms with Crippen LogP contribution < -0.4 is 19.7 Å². The van der Waals surface area contributed by atoms with Crippen LogP contribution in [0.25, 0.3) is 0 Å². The average Bonchev–Trinajstić information content (AvgIpc) is 2.73. The fourth-order valence-electron chi connectivity index (χ4n) is 3.00. The molecule has 0 spiro atoms. The molecule has 2 N–H and O–H groups in total. The van der Waals surface area contributed by atoms with Crippen molar-refractivity contribution < 1.29 is 13.2 Å². The number of ether oxygens (including phenoxy) is 1. The van der Waals surface area contributed by atoms with Crippen molar-refractivity contribution in [2.24, 2.45) is 4.99 Å². The minimum Gasteiger partial charge on any atom is -0.497 e. The van der Waals surface area contributed by atoms with Crippen molar-refractivity contribution in [3.8, 4) is 5.75 Å². The largest absolute Gasteiger partial charge is 0.497 e. The van der Waals surface area contributed by atoms with Gasteiger partial charge in [0, 0.05) is 57.6 Å². The molecular weight excluding hydrogens is 378 g/mol. The summed E-state index contributed by atoms with van der Waals surface area (Å²) in [6.45, 7) is 9.08. The molecule has 1 aromatic carbocycles. The van der Waals surface area contributed by atoms with E-state index in [1.165, 1.54) is 5.69 Å². The predicted molar refractivity (Wildman–Crippen MR) is 115 cm³/mol. The van der Waals surface area contributed by atoms with Crippen molar-refractivity contribution in [1.82, 2.24) is 14.9 Å². The molecule has 0 atom stereocenters. The van der Waals surface area contributed by atoms with Crippen molar-refractivity contribution in [3.05, 3.63) is 24.3 Å². The molecule has 0 unspecified atom stereocenters. The van der Waals surface area contributed by atoms with E-state index in [2.05, 4.69) is 43.9 Å². The summed E-state index contributed by atoms with van der Waals surface area (Å²) in [5.74, 6) is 1.87. The van der Waals surface area contributed by atoms with Crippen LogP contribution in [0.2, 0.25) is 0 Å². The predicted octanol–water partition coefficient (Wildman–Crippen LogP) is 1.11. The fraction of sp³-hybridized carbons (Fsp3) is 0.632. The Hall–Kier alpha value is -2.00. The second-order valence-electron chi connectivity index (χ2n) is 6.56. The third-order valence-corrected chi connectivity index (χ3v) is 6.04. The van der Waals surface area contributed by atoms with Crippen LogP contribution in [-0.4, -0.2) is 78.0 Å². The van der Waals surface area contributed by atoms with Gasteiger partial charge in [-0.3, -0.25) is 4.99 Å². The van der Waals surface area contributed by atoms with E-state index in [0.29, 0.717) is 19.5 Å². The average molecular weight is 412 g/mol. The first-order valence-electron chi connectivity index (χ1n) is 9.88. The standard InChI is InChI=1S/C19H33N5O3S/c1-4-20-19(21-10-7-11-22-28(25,26)5-2)24-14-12-23(13-15-24)17-8-6-9-18(16-17)27-3/h6,8-9,16,22H,4-5,7,10-15H2,1-3H3,(H,20,21). The molecule has 1 saturated heterocycles. The van der Waals surface area contributed by atoms with Crippen LogP contribution in [0.1, 0.15) is 20.3 Å². The summed E-state index contributed by atoms with van der Waals surface area (Å²) in [5.41, 5.74) is 1.17. The summed E-state index contributed by atoms with van der Waals surface area (Å²) in [6.07, 6.45) is 0.678. The van der Waals surface area contributed by atoms with E-state index in [1.54, 1.807) is 14.0 Å². The summed E-state index contributed by atoms with van der Waals surface area (Å²) < 4.78 is 30.8. The Morgan fingerprint density at radius 2 is 1.96 bits per heavy atom. The second-order valence-corrected chi connectivity index (χ2v) is 8.66. The van der Waals surface area contributed by atoms with Crippen molar-refractivity contribution in [2.75, 3.05) is 63.6 Å². The third-order valence-electron chi connectivity index (χ3n) is 4.63. The summed E-state index contributed by atoms with van der Waals surface area (Å²) in [5, 5.41) is 3.34. The molecule has 158 valence electrons. The molecular formula is C19H33N5O3S. The van der Waals surface area contributed by atoms with Gasteiger partial charge >= 0.3 is 0 Å². The number of nitrogens with zero attached hydrogens (tertiary/aromatic N) is 3. The zero-order chi connectivity index (χ0) is 20.4. The highest BCUT2D eigenvalue weighted by atomic mass is 32.2. The Kier molecular flexibility index (Phi) is 8.85. The van der Waals surface area contributed by atoms with Crippen LogP contribution in [0.3, 0.4) is 0 Å². The summed E-state index contributed by atoms with van der Waals surface area (Å²) in [4.78, 5) is 9.28. The van der Waals surface area contributed by atoms with Gasteiger partial charge in [-0.2, -0.15) is 0 Å². The SMILES string of the molecule is CCNC(=NCCCNS(=O)(=O)CC)N1CCN(c2cccc(OC)c2)CC1. The molecule has 1 aliphatic heterocycles. The van der Waals surface area contributed by atoms with E-state index in [9.17, 15) is 8.42 Å². The highest BCUT2D eigenvalue weighted by Gasteiger charge is 2.20. The van der Waals surface area contributed by atoms with Gasteiger partial charge in [-0.1, -0.05) is 6.07 Å². The first-order valence-corrected chi connectivity index (χ1v) is 11.5. The number of sulfonamides is 1. The van der Waals surface area contributed by atoms with Crippen molar-refractivity contribution in [3.63, 3.8) is 0 Å². The number of nitrogens with one attached hydrogen (secondary N) is 2. The Morgan fingerprint density at radius 3 is 2.61 bits per heavy atom. The summed E-state index contributed by atoms with van der Waals surface area (Å²) >= 11 is 0. The van der Waals surface area contributed by atoms with E-state index in [-0.39, 0.29) is 5.75 Å². The fourth-order valence-corrected chi connectivity index (χ4v) is 3.66. The van der Waals surface area contributed by atoms with E-state index >= 15 is 0 Å². The molecule has 0 aliphatic carbocycles. The maximum atomic E-state index is 11.5. The van der Waals surface area contributed by atoms with Gasteiger partial charge in [0.1, 0.15) is 5.75 Å². The first-order chi connectivity index (χ1) is 13.5. The van der Waals surface area contributed by atoms with E-state index in [1.807, 2.05) is 12.1 Å². The third kappa shape index (κ3) is 6.87. The molecule has 0 aromatic heterocycles. The van der Waals surface area contributed by atoms with Gasteiger partial charge in [0.05, 0.1) is 12.9 Å². The number of hydrogen-bond acceptors (Lipinski definition) is 5. The molecule has 1 aliphatic rings. The van der Waals surface area contributed by atoms with Gasteiger partial charge in [-0.15, -0.1) is 0 Å². The van der Waals surface area contributed by atoms with Gasteiger partial charge in [-0.05, 0) is 32.4 Å². The molecule has 1 heterocycles. The van der Waals surface area contributed by atoms with Gasteiger partial charge < -0.3 is 19.9 Å². The van der Waals surface area contributed by atoms with E-state index in [4.69, 9.17) is 4.74 Å². The summed E-state index contributed by atoms with van der Waals surface area (Å²) in [7, 11) is -1.44. The number of piperazine rings is 1. The zero-order valence-electron chi connectivity index (χ0n) is 17.1. The molecule has 0 bridgehead atoms. The van der Waals surface area contributed by atoms with Gasteiger partial charge in [0.15, 0.2) is 5.96 Å². The van der Waals surface area contributed by atoms with Gasteiger partial charge in [-0.25, -0.2) is 13.1 Å². The van der Waals surface area contributed by atoms with Crippen molar-refractivity contribution >= 4 is 21.7 Å². The smallest absolute Gasteiger partial charge is 0.211 e. The molecule has 1 fully saturated rings. The monoisotopic (exact) mass is 411 g/mol. The number of guanidine groups is 1. The van der Waals surface area contributed by atoms with E-state index < -0.39 is 10.0 Å². The van der Waals surface area contributed by atoms with Crippen molar-refractivity contribution in [2.45, 2.75) is 20.3 Å². The van der Waals surface area contributed by atoms with Crippen LogP contribution in [-0.2, 0) is 10.0 Å². The Bertz CT molecular complexity index is 731. The van der Waals surface area contributed by atoms with Crippen LogP contribution >= 0.6 is 0 Å². The number of hydrogen-bond donors (Lipinski definition) is 2. The Labute approximate surface area is 169 Å². The quantitative estimate of drug-likeness (QED) is 0.360. The molecule has 8 nitrogen and oxygen atoms in total. The number of anilines is 1. The van der Waals surface area contributed by atoms with Crippen LogP contribution in [0, 0.1) is 0 Å². The van der Waals surface area contributed by atoms with Crippen molar-refractivity contribution in [1.29, 1.82) is 0 Å². The lowest BCUT2D eigenvalue weighted by molar-refractivity contribution is 0.372. The number of methoxy groups -OCH3 is 1. The van der Waals surface area contributed by atoms with Gasteiger partial charge in [0.2, 0.25) is 10.0 Å². The first kappa shape index (κ1) is 22.3. The maximum absolute atomic E-state index is 11.5. The summed E-state index contributed by atoms with van der Waals surface area (Å²) in [6, 6.07) is 8.14. The number of rotatable bonds is 9. The van der Waals surface area contributed by atoms with Crippen LogP contribution in [0.4, 0.5) is 5.69 Å². The lowest BCUT2D eigenvalue weighted by atomic mass is 10.2. The highest BCUT2D eigenvalue weighted by Crippen LogP contribution is 2.22. The Morgan fingerprint density at radius 1 is 1.21 bits per heavy atom. The molecule has 0 saturated carbocycles. The minimum absolute atomic E-state index is 0.108. The molecule has 0 radical (unpaired) electrons. The van der Waals surface area contributed by atoms with Crippen LogP contribution in [0.15, 0.2) is 29.3 Å². The van der Waals surface area contributed by atoms with E-state index in [0.717, 1.165) is 44.4 Å². The lowest BCUT2D eigenvalue weighted by Gasteiger charge is -2.37. The van der Waals surface area contributed by atoms with Crippen LogP contribution in [0.5, 0.6) is 5.75 Å². The van der Waals surface area contributed by atoms with Gasteiger partial charge in [0.25, 0.3) is 0 Å². The highest BCUT2D eigenvalue weighted by molar-refractivity contribution is 7.89. The topological polar surface area (TPSA) is 86.3 Å². The molecule has 1 aromatic rings. The second kappa shape index (κ2) is 11.1. The zero-order valence-corrected chi connectivity index (χ0v) is 18.0. The maximum Gasteiger partial charge on any atom is 0.211 e. The minimum atomic E-state index is -3.13. The molecule has 2 rings (SSSR count). The number of aliphatic imine (C=N–C) groups is 1. The lowest BCUT2D eigenvalue weighted by Crippen LogP contribution is -2.52. The molecule has 28 heavy (non-hydrogen) atoms. The molecule has 9 heteroatoms. The number of benzene rings is 1.